The van der Waals surface area contributed by atoms with E-state index in [-0.39, 0.29) is 6.61 Å². The molecule has 0 radical (unpaired) electrons. The zero-order valence-electron chi connectivity index (χ0n) is 14.1. The van der Waals surface area contributed by atoms with Gasteiger partial charge in [0.2, 0.25) is 0 Å². The molecule has 0 saturated carbocycles. The maximum absolute atomic E-state index is 11.7. The van der Waals surface area contributed by atoms with Crippen molar-refractivity contribution in [3.8, 4) is 0 Å². The van der Waals surface area contributed by atoms with Crippen LogP contribution in [0.15, 0.2) is 64.9 Å². The number of aromatic nitrogens is 2. The number of nitrogens with zero attached hydrogens (tertiary/aromatic N) is 2. The molecule has 0 fully saturated rings. The van der Waals surface area contributed by atoms with Crippen molar-refractivity contribution in [3.05, 3.63) is 70.5 Å². The number of imidazole rings is 1. The minimum Gasteiger partial charge on any atom is -0.477 e. The fourth-order valence-electron chi connectivity index (χ4n) is 2.50. The molecule has 7 heteroatoms. The van der Waals surface area contributed by atoms with Gasteiger partial charge in [0, 0.05) is 38.8 Å². The van der Waals surface area contributed by atoms with Crippen LogP contribution in [0.2, 0.25) is 0 Å². The highest BCUT2D eigenvalue weighted by molar-refractivity contribution is 8.03. The van der Waals surface area contributed by atoms with E-state index in [9.17, 15) is 15.0 Å². The molecule has 0 aliphatic rings. The van der Waals surface area contributed by atoms with Gasteiger partial charge in [-0.15, -0.1) is 11.3 Å². The number of carbonyl (C=O) groups is 1. The molecule has 5 nitrogen and oxygen atoms in total. The average Bonchev–Trinajstić information content (AvgIpc) is 3.26. The van der Waals surface area contributed by atoms with Crippen LogP contribution in [0, 0.1) is 0 Å². The molecule has 0 aliphatic heterocycles. The fourth-order valence-corrected chi connectivity index (χ4v) is 4.76. The van der Waals surface area contributed by atoms with Crippen molar-refractivity contribution < 1.29 is 15.0 Å². The quantitative estimate of drug-likeness (QED) is 0.465. The number of aliphatic hydroxyl groups is 1. The van der Waals surface area contributed by atoms with Crippen LogP contribution in [0.4, 0.5) is 0 Å². The fraction of sp³-hybridized carbons (Fsp3) is 0.158. The van der Waals surface area contributed by atoms with E-state index in [1.807, 2.05) is 48.0 Å². The SMILES string of the molecule is C/C=C\C=C(/CO)Sc1c(C(=O)O)sc2cc(Cn3ccnc3)ccc12. The topological polar surface area (TPSA) is 75.3 Å². The largest absolute Gasteiger partial charge is 0.477 e. The summed E-state index contributed by atoms with van der Waals surface area (Å²) >= 11 is 2.57. The van der Waals surface area contributed by atoms with Gasteiger partial charge in [0.15, 0.2) is 0 Å². The van der Waals surface area contributed by atoms with Crippen LogP contribution in [0.1, 0.15) is 22.2 Å². The Kier molecular flexibility index (Phi) is 5.92. The first-order chi connectivity index (χ1) is 12.6. The number of carboxylic acid groups (broad SMARTS) is 1. The van der Waals surface area contributed by atoms with Crippen molar-refractivity contribution in [1.29, 1.82) is 0 Å². The lowest BCUT2D eigenvalue weighted by Gasteiger charge is -2.05. The number of rotatable bonds is 7. The molecule has 0 aliphatic carbocycles. The summed E-state index contributed by atoms with van der Waals surface area (Å²) in [6.07, 6.45) is 10.9. The Morgan fingerprint density at radius 3 is 2.92 bits per heavy atom. The lowest BCUT2D eigenvalue weighted by molar-refractivity contribution is 0.0699. The maximum atomic E-state index is 11.7. The summed E-state index contributed by atoms with van der Waals surface area (Å²) in [5.74, 6) is -0.951. The second kappa shape index (κ2) is 8.35. The van der Waals surface area contributed by atoms with Gasteiger partial charge < -0.3 is 14.8 Å². The summed E-state index contributed by atoms with van der Waals surface area (Å²) in [5, 5.41) is 20.1. The predicted octanol–water partition coefficient (Wildman–Crippen LogP) is 4.39. The third-order valence-electron chi connectivity index (χ3n) is 3.69. The first kappa shape index (κ1) is 18.4. The highest BCUT2D eigenvalue weighted by Gasteiger charge is 2.19. The van der Waals surface area contributed by atoms with Gasteiger partial charge in [-0.05, 0) is 18.6 Å². The molecule has 0 bridgehead atoms. The minimum absolute atomic E-state index is 0.135. The van der Waals surface area contributed by atoms with E-state index in [4.69, 9.17) is 0 Å². The van der Waals surface area contributed by atoms with Crippen molar-refractivity contribution in [2.24, 2.45) is 0 Å². The zero-order chi connectivity index (χ0) is 18.5. The van der Waals surface area contributed by atoms with Crippen molar-refractivity contribution in [2.45, 2.75) is 18.4 Å². The van der Waals surface area contributed by atoms with E-state index in [1.54, 1.807) is 18.6 Å². The summed E-state index contributed by atoms with van der Waals surface area (Å²) in [6.45, 7) is 2.44. The average molecular weight is 386 g/mol. The molecule has 2 aromatic heterocycles. The number of thiophene rings is 1. The van der Waals surface area contributed by atoms with Gasteiger partial charge in [-0.3, -0.25) is 0 Å². The molecule has 0 unspecified atom stereocenters. The van der Waals surface area contributed by atoms with Crippen LogP contribution >= 0.6 is 23.1 Å². The van der Waals surface area contributed by atoms with Crippen molar-refractivity contribution in [2.75, 3.05) is 6.61 Å². The molecular weight excluding hydrogens is 368 g/mol. The standard InChI is InChI=1S/C19H18N2O3S2/c1-2-3-4-14(11-22)25-17-15-6-5-13(10-21-8-7-20-12-21)9-16(15)26-18(17)19(23)24/h2-9,12,22H,10-11H2,1H3,(H,23,24)/b3-2-,14-4+. The highest BCUT2D eigenvalue weighted by Crippen LogP contribution is 2.41. The molecule has 0 spiro atoms. The monoisotopic (exact) mass is 386 g/mol. The van der Waals surface area contributed by atoms with E-state index in [1.165, 1.54) is 23.1 Å². The first-order valence-corrected chi connectivity index (χ1v) is 9.60. The molecule has 2 heterocycles. The summed E-state index contributed by atoms with van der Waals surface area (Å²) in [4.78, 5) is 17.4. The van der Waals surface area contributed by atoms with Crippen LogP contribution in [-0.2, 0) is 6.54 Å². The molecule has 0 amide bonds. The third-order valence-corrected chi connectivity index (χ3v) is 6.12. The molecule has 3 rings (SSSR count). The Morgan fingerprint density at radius 1 is 1.42 bits per heavy atom. The number of allylic oxidation sites excluding steroid dienone is 3. The van der Waals surface area contributed by atoms with E-state index < -0.39 is 5.97 Å². The number of aromatic carboxylic acids is 1. The lowest BCUT2D eigenvalue weighted by Crippen LogP contribution is -1.96. The molecule has 1 aromatic carbocycles. The van der Waals surface area contributed by atoms with Gasteiger partial charge in [0.05, 0.1) is 12.9 Å². The van der Waals surface area contributed by atoms with Crippen LogP contribution in [-0.4, -0.2) is 32.3 Å². The first-order valence-electron chi connectivity index (χ1n) is 7.97. The van der Waals surface area contributed by atoms with Gasteiger partial charge in [-0.25, -0.2) is 9.78 Å². The molecule has 26 heavy (non-hydrogen) atoms. The van der Waals surface area contributed by atoms with Crippen LogP contribution in [0.3, 0.4) is 0 Å². The summed E-state index contributed by atoms with van der Waals surface area (Å²) in [5.41, 5.74) is 1.08. The Hall–Kier alpha value is -2.35. The van der Waals surface area contributed by atoms with Gasteiger partial charge in [-0.2, -0.15) is 0 Å². The van der Waals surface area contributed by atoms with Crippen molar-refractivity contribution in [3.63, 3.8) is 0 Å². The van der Waals surface area contributed by atoms with E-state index >= 15 is 0 Å². The van der Waals surface area contributed by atoms with Gasteiger partial charge in [-0.1, -0.05) is 42.1 Å². The second-order valence-electron chi connectivity index (χ2n) is 5.55. The van der Waals surface area contributed by atoms with Crippen molar-refractivity contribution in [1.82, 2.24) is 9.55 Å². The number of carboxylic acids is 1. The van der Waals surface area contributed by atoms with E-state index in [0.29, 0.717) is 21.2 Å². The van der Waals surface area contributed by atoms with Gasteiger partial charge in [0.25, 0.3) is 0 Å². The Morgan fingerprint density at radius 2 is 2.27 bits per heavy atom. The van der Waals surface area contributed by atoms with Crippen LogP contribution < -0.4 is 0 Å². The van der Waals surface area contributed by atoms with E-state index in [0.717, 1.165) is 15.6 Å². The number of hydrogen-bond acceptors (Lipinski definition) is 5. The molecule has 3 aromatic rings. The normalized spacial score (nSPS) is 12.3. The molecular formula is C19H18N2O3S2. The summed E-state index contributed by atoms with van der Waals surface area (Å²) in [6, 6.07) is 5.97. The highest BCUT2D eigenvalue weighted by atomic mass is 32.2. The number of aliphatic hydroxyl groups excluding tert-OH is 1. The Balaban J connectivity index is 2.01. The minimum atomic E-state index is -0.951. The molecule has 0 saturated heterocycles. The van der Waals surface area contributed by atoms with Crippen LogP contribution in [0.5, 0.6) is 0 Å². The summed E-state index contributed by atoms with van der Waals surface area (Å²) in [7, 11) is 0. The van der Waals surface area contributed by atoms with Gasteiger partial charge in [0.1, 0.15) is 4.88 Å². The van der Waals surface area contributed by atoms with E-state index in [2.05, 4.69) is 4.98 Å². The third kappa shape index (κ3) is 4.07. The molecule has 134 valence electrons. The molecule has 2 N–H and O–H groups in total. The number of benzene rings is 1. The summed E-state index contributed by atoms with van der Waals surface area (Å²) < 4.78 is 2.89. The Labute approximate surface area is 159 Å². The van der Waals surface area contributed by atoms with Crippen molar-refractivity contribution >= 4 is 39.2 Å². The van der Waals surface area contributed by atoms with Gasteiger partial charge >= 0.3 is 5.97 Å². The number of thioether (sulfide) groups is 1. The van der Waals surface area contributed by atoms with Crippen LogP contribution in [0.25, 0.3) is 10.1 Å². The molecule has 0 atom stereocenters. The number of hydrogen-bond donors (Lipinski definition) is 2. The number of fused-ring (bicyclic) bond motifs is 1. The maximum Gasteiger partial charge on any atom is 0.347 e. The smallest absolute Gasteiger partial charge is 0.347 e. The lowest BCUT2D eigenvalue weighted by atomic mass is 10.1. The predicted molar refractivity (Wildman–Crippen MR) is 106 cm³/mol. The second-order valence-corrected chi connectivity index (χ2v) is 7.74. The zero-order valence-corrected chi connectivity index (χ0v) is 15.8. The Bertz CT molecular complexity index is 972.